The molecule has 86 valence electrons. The molecule has 15 heavy (non-hydrogen) atoms. The molecule has 1 heterocycles. The summed E-state index contributed by atoms with van der Waals surface area (Å²) < 4.78 is 3.05. The molecule has 1 unspecified atom stereocenters. The molecule has 0 spiro atoms. The van der Waals surface area contributed by atoms with Crippen molar-refractivity contribution in [3.05, 3.63) is 15.9 Å². The van der Waals surface area contributed by atoms with Crippen molar-refractivity contribution in [2.45, 2.75) is 32.9 Å². The van der Waals surface area contributed by atoms with Gasteiger partial charge in [0.1, 0.15) is 0 Å². The SMILES string of the molecule is CNC(CO)CCn1nc(C)c(Br)c1C. The van der Waals surface area contributed by atoms with Crippen molar-refractivity contribution >= 4 is 15.9 Å². The van der Waals surface area contributed by atoms with Gasteiger partial charge in [0.2, 0.25) is 0 Å². The Morgan fingerprint density at radius 3 is 2.60 bits per heavy atom. The molecule has 1 aromatic heterocycles. The Balaban J connectivity index is 2.61. The van der Waals surface area contributed by atoms with Crippen LogP contribution in [0.4, 0.5) is 0 Å². The maximum atomic E-state index is 9.03. The first-order chi connectivity index (χ1) is 7.10. The van der Waals surface area contributed by atoms with Crippen LogP contribution in [0.2, 0.25) is 0 Å². The van der Waals surface area contributed by atoms with E-state index in [9.17, 15) is 0 Å². The van der Waals surface area contributed by atoms with E-state index in [-0.39, 0.29) is 12.6 Å². The summed E-state index contributed by atoms with van der Waals surface area (Å²) in [6, 6.07) is 0.146. The third-order valence-electron chi connectivity index (χ3n) is 2.61. The maximum Gasteiger partial charge on any atom is 0.0738 e. The molecule has 0 aromatic carbocycles. The van der Waals surface area contributed by atoms with Crippen molar-refractivity contribution in [3.63, 3.8) is 0 Å². The number of hydrogen-bond donors (Lipinski definition) is 2. The molecule has 0 fully saturated rings. The van der Waals surface area contributed by atoms with E-state index in [2.05, 4.69) is 26.3 Å². The third kappa shape index (κ3) is 3.03. The first-order valence-corrected chi connectivity index (χ1v) is 5.87. The van der Waals surface area contributed by atoms with E-state index in [1.807, 2.05) is 25.6 Å². The number of likely N-dealkylation sites (N-methyl/N-ethyl adjacent to an activating group) is 1. The molecule has 4 nitrogen and oxygen atoms in total. The first-order valence-electron chi connectivity index (χ1n) is 5.07. The Labute approximate surface area is 98.8 Å². The van der Waals surface area contributed by atoms with Crippen LogP contribution in [-0.4, -0.2) is 34.6 Å². The van der Waals surface area contributed by atoms with Crippen LogP contribution in [0.15, 0.2) is 4.47 Å². The lowest BCUT2D eigenvalue weighted by atomic mass is 10.2. The van der Waals surface area contributed by atoms with Gasteiger partial charge in [-0.15, -0.1) is 0 Å². The van der Waals surface area contributed by atoms with Crippen molar-refractivity contribution in [2.75, 3.05) is 13.7 Å². The molecule has 5 heteroatoms. The summed E-state index contributed by atoms with van der Waals surface area (Å²) in [5, 5.41) is 16.5. The number of nitrogens with one attached hydrogen (secondary N) is 1. The number of aliphatic hydroxyl groups is 1. The van der Waals surface area contributed by atoms with Crippen LogP contribution in [0, 0.1) is 13.8 Å². The summed E-state index contributed by atoms with van der Waals surface area (Å²) in [5.41, 5.74) is 2.15. The quantitative estimate of drug-likeness (QED) is 0.850. The maximum absolute atomic E-state index is 9.03. The second-order valence-electron chi connectivity index (χ2n) is 3.66. The van der Waals surface area contributed by atoms with Gasteiger partial charge in [0.25, 0.3) is 0 Å². The minimum atomic E-state index is 0.146. The smallest absolute Gasteiger partial charge is 0.0738 e. The number of aromatic nitrogens is 2. The Kier molecular flexibility index (Phi) is 4.76. The number of halogens is 1. The molecule has 2 N–H and O–H groups in total. The average Bonchev–Trinajstić information content (AvgIpc) is 2.48. The molecule has 0 radical (unpaired) electrons. The molecule has 0 aliphatic rings. The fourth-order valence-electron chi connectivity index (χ4n) is 1.50. The second kappa shape index (κ2) is 5.63. The van der Waals surface area contributed by atoms with E-state index in [0.29, 0.717) is 0 Å². The van der Waals surface area contributed by atoms with Gasteiger partial charge in [-0.05, 0) is 43.2 Å². The molecule has 1 rings (SSSR count). The van der Waals surface area contributed by atoms with E-state index in [1.165, 1.54) is 0 Å². The van der Waals surface area contributed by atoms with Crippen molar-refractivity contribution in [3.8, 4) is 0 Å². The molecule has 0 bridgehead atoms. The monoisotopic (exact) mass is 275 g/mol. The largest absolute Gasteiger partial charge is 0.395 e. The summed E-state index contributed by atoms with van der Waals surface area (Å²) in [6.07, 6.45) is 0.876. The van der Waals surface area contributed by atoms with Crippen LogP contribution in [0.25, 0.3) is 0 Å². The van der Waals surface area contributed by atoms with E-state index in [4.69, 9.17) is 5.11 Å². The van der Waals surface area contributed by atoms with E-state index in [1.54, 1.807) is 0 Å². The summed E-state index contributed by atoms with van der Waals surface area (Å²) >= 11 is 3.49. The normalized spacial score (nSPS) is 13.1. The molecular weight excluding hydrogens is 258 g/mol. The highest BCUT2D eigenvalue weighted by atomic mass is 79.9. The molecule has 1 atom stereocenters. The number of rotatable bonds is 5. The lowest BCUT2D eigenvalue weighted by Crippen LogP contribution is -2.30. The van der Waals surface area contributed by atoms with Crippen LogP contribution in [0.3, 0.4) is 0 Å². The van der Waals surface area contributed by atoms with Gasteiger partial charge in [0, 0.05) is 18.3 Å². The summed E-state index contributed by atoms with van der Waals surface area (Å²) in [7, 11) is 1.86. The zero-order valence-corrected chi connectivity index (χ0v) is 11.0. The Bertz CT molecular complexity index is 321. The Hall–Kier alpha value is -0.390. The van der Waals surface area contributed by atoms with E-state index < -0.39 is 0 Å². The van der Waals surface area contributed by atoms with Gasteiger partial charge in [-0.25, -0.2) is 0 Å². The summed E-state index contributed by atoms with van der Waals surface area (Å²) in [6.45, 7) is 5.01. The van der Waals surface area contributed by atoms with Crippen LogP contribution in [0.1, 0.15) is 17.8 Å². The standard InChI is InChI=1S/C10H18BrN3O/c1-7-10(11)8(2)14(13-7)5-4-9(6-15)12-3/h9,12,15H,4-6H2,1-3H3. The van der Waals surface area contributed by atoms with E-state index in [0.717, 1.165) is 28.8 Å². The van der Waals surface area contributed by atoms with Gasteiger partial charge < -0.3 is 10.4 Å². The first kappa shape index (κ1) is 12.7. The highest BCUT2D eigenvalue weighted by Crippen LogP contribution is 2.19. The van der Waals surface area contributed by atoms with Crippen LogP contribution < -0.4 is 5.32 Å². The van der Waals surface area contributed by atoms with E-state index >= 15 is 0 Å². The van der Waals surface area contributed by atoms with Gasteiger partial charge in [0.05, 0.1) is 16.8 Å². The molecule has 0 aliphatic carbocycles. The van der Waals surface area contributed by atoms with Crippen molar-refractivity contribution in [1.82, 2.24) is 15.1 Å². The van der Waals surface area contributed by atoms with Crippen molar-refractivity contribution in [2.24, 2.45) is 0 Å². The van der Waals surface area contributed by atoms with Gasteiger partial charge in [-0.3, -0.25) is 4.68 Å². The Morgan fingerprint density at radius 1 is 1.53 bits per heavy atom. The minimum absolute atomic E-state index is 0.146. The molecule has 0 aliphatic heterocycles. The average molecular weight is 276 g/mol. The van der Waals surface area contributed by atoms with Crippen molar-refractivity contribution < 1.29 is 5.11 Å². The highest BCUT2D eigenvalue weighted by molar-refractivity contribution is 9.10. The molecule has 0 amide bonds. The molecule has 0 saturated heterocycles. The van der Waals surface area contributed by atoms with Crippen LogP contribution >= 0.6 is 15.9 Å². The number of aryl methyl sites for hydroxylation is 2. The predicted molar refractivity (Wildman–Crippen MR) is 64.0 cm³/mol. The number of aliphatic hydroxyl groups excluding tert-OH is 1. The van der Waals surface area contributed by atoms with Crippen LogP contribution in [0.5, 0.6) is 0 Å². The van der Waals surface area contributed by atoms with Gasteiger partial charge >= 0.3 is 0 Å². The van der Waals surface area contributed by atoms with Crippen LogP contribution in [-0.2, 0) is 6.54 Å². The highest BCUT2D eigenvalue weighted by Gasteiger charge is 2.10. The fourth-order valence-corrected chi connectivity index (χ4v) is 1.78. The lowest BCUT2D eigenvalue weighted by Gasteiger charge is -2.13. The van der Waals surface area contributed by atoms with Gasteiger partial charge in [-0.1, -0.05) is 0 Å². The number of hydrogen-bond acceptors (Lipinski definition) is 3. The molecule has 1 aromatic rings. The zero-order valence-electron chi connectivity index (χ0n) is 9.42. The minimum Gasteiger partial charge on any atom is -0.395 e. The predicted octanol–water partition coefficient (Wildman–Crippen LogP) is 1.23. The van der Waals surface area contributed by atoms with Crippen molar-refractivity contribution in [1.29, 1.82) is 0 Å². The Morgan fingerprint density at radius 2 is 2.20 bits per heavy atom. The second-order valence-corrected chi connectivity index (χ2v) is 4.46. The lowest BCUT2D eigenvalue weighted by molar-refractivity contribution is 0.236. The topological polar surface area (TPSA) is 50.1 Å². The molecule has 0 saturated carbocycles. The fraction of sp³-hybridized carbons (Fsp3) is 0.700. The third-order valence-corrected chi connectivity index (χ3v) is 3.76. The molecular formula is C10H18BrN3O. The number of nitrogens with zero attached hydrogens (tertiary/aromatic N) is 2. The zero-order chi connectivity index (χ0) is 11.4. The summed E-state index contributed by atoms with van der Waals surface area (Å²) in [5.74, 6) is 0. The van der Waals surface area contributed by atoms with Gasteiger partial charge in [-0.2, -0.15) is 5.10 Å². The van der Waals surface area contributed by atoms with Gasteiger partial charge in [0.15, 0.2) is 0 Å². The summed E-state index contributed by atoms with van der Waals surface area (Å²) in [4.78, 5) is 0.